The van der Waals surface area contributed by atoms with Gasteiger partial charge in [-0.3, -0.25) is 0 Å². The van der Waals surface area contributed by atoms with Gasteiger partial charge in [-0.15, -0.1) is 0 Å². The molecule has 2 fully saturated rings. The number of quaternary nitrogens is 1. The van der Waals surface area contributed by atoms with Crippen LogP contribution in [0, 0.1) is 41.4 Å². The first kappa shape index (κ1) is 26.2. The first-order valence-electron chi connectivity index (χ1n) is 13.9. The highest BCUT2D eigenvalue weighted by Crippen LogP contribution is 2.65. The van der Waals surface area contributed by atoms with E-state index in [1.165, 1.54) is 75.4 Å². The third kappa shape index (κ3) is 6.49. The molecule has 0 bridgehead atoms. The van der Waals surface area contributed by atoms with Crippen LogP contribution in [0.15, 0.2) is 0 Å². The second-order valence-electron chi connectivity index (χ2n) is 12.7. The van der Waals surface area contributed by atoms with Crippen molar-refractivity contribution >= 4 is 0 Å². The zero-order valence-electron chi connectivity index (χ0n) is 22.5. The van der Waals surface area contributed by atoms with E-state index in [9.17, 15) is 0 Å². The van der Waals surface area contributed by atoms with Crippen molar-refractivity contribution in [2.24, 2.45) is 41.4 Å². The molecule has 1 aliphatic carbocycles. The van der Waals surface area contributed by atoms with Crippen LogP contribution >= 0.6 is 0 Å². The third-order valence-corrected chi connectivity index (χ3v) is 10.3. The smallest absolute Gasteiger partial charge is 0.152 e. The van der Waals surface area contributed by atoms with Crippen molar-refractivity contribution in [1.82, 2.24) is 0 Å². The maximum atomic E-state index is 2.55. The van der Waals surface area contributed by atoms with E-state index in [1.807, 2.05) is 0 Å². The van der Waals surface area contributed by atoms with Gasteiger partial charge in [-0.2, -0.15) is 0 Å². The molecule has 1 aliphatic heterocycles. The number of nitrogens with zero attached hydrogens (tertiary/aromatic N) is 1. The Hall–Kier alpha value is -0.0400. The van der Waals surface area contributed by atoms with Crippen LogP contribution in [0.2, 0.25) is 0 Å². The number of rotatable bonds is 16. The molecule has 9 atom stereocenters. The number of likely N-dealkylation sites (N-methyl/N-ethyl adjacent to an activating group) is 1. The zero-order chi connectivity index (χ0) is 22.5. The van der Waals surface area contributed by atoms with Gasteiger partial charge in [0.2, 0.25) is 0 Å². The number of hydrogen-bond acceptors (Lipinski definition) is 0. The Balaban J connectivity index is 1.62. The fraction of sp³-hybridized carbons (Fsp3) is 1.00. The Morgan fingerprint density at radius 2 is 1.50 bits per heavy atom. The Kier molecular flexibility index (Phi) is 9.79. The monoisotopic (exact) mass is 420 g/mol. The van der Waals surface area contributed by atoms with Crippen molar-refractivity contribution < 1.29 is 4.48 Å². The number of hydrogen-bond donors (Lipinski definition) is 0. The fourth-order valence-electron chi connectivity index (χ4n) is 6.67. The number of unbranched alkanes of at least 4 members (excludes halogenated alkanes) is 2. The van der Waals surface area contributed by atoms with Gasteiger partial charge >= 0.3 is 0 Å². The van der Waals surface area contributed by atoms with E-state index in [2.05, 4.69) is 62.4 Å². The van der Waals surface area contributed by atoms with Crippen LogP contribution in [-0.2, 0) is 0 Å². The molecule has 30 heavy (non-hydrogen) atoms. The van der Waals surface area contributed by atoms with Gasteiger partial charge in [0, 0.05) is 12.3 Å². The predicted molar refractivity (Wildman–Crippen MR) is 135 cm³/mol. The Labute approximate surface area is 191 Å². The summed E-state index contributed by atoms with van der Waals surface area (Å²) in [6.45, 7) is 22.7. The summed E-state index contributed by atoms with van der Waals surface area (Å²) in [4.78, 5) is 0. The van der Waals surface area contributed by atoms with Crippen LogP contribution in [-0.4, -0.2) is 30.2 Å². The quantitative estimate of drug-likeness (QED) is 0.133. The van der Waals surface area contributed by atoms with E-state index in [4.69, 9.17) is 0 Å². The zero-order valence-corrected chi connectivity index (χ0v) is 22.5. The summed E-state index contributed by atoms with van der Waals surface area (Å²) in [6, 6.07) is 0. The largest absolute Gasteiger partial charge is 0.311 e. The van der Waals surface area contributed by atoms with Gasteiger partial charge in [0.25, 0.3) is 0 Å². The van der Waals surface area contributed by atoms with Gasteiger partial charge in [0.05, 0.1) is 13.6 Å². The molecule has 2 aliphatic rings. The molecule has 1 heterocycles. The average Bonchev–Trinajstić information content (AvgIpc) is 3.58. The van der Waals surface area contributed by atoms with Crippen LogP contribution in [0.25, 0.3) is 0 Å². The maximum absolute atomic E-state index is 2.55. The molecule has 0 amide bonds. The van der Waals surface area contributed by atoms with Gasteiger partial charge in [-0.1, -0.05) is 87.5 Å². The lowest BCUT2D eigenvalue weighted by Crippen LogP contribution is -2.26. The standard InChI is InChI=1S/C29H58N/c1-10-12-13-18-30(9)21-29(30)20-28(29)17-15-23(4)14-16-24(5)26(7)27(8)25(6)19-22(3)11-2/h22-28H,10-21H2,1-9H3/q+1. The molecule has 1 saturated heterocycles. The third-order valence-electron chi connectivity index (χ3n) is 10.3. The van der Waals surface area contributed by atoms with E-state index < -0.39 is 0 Å². The molecule has 178 valence electrons. The molecule has 1 spiro atoms. The molecule has 0 aromatic rings. The van der Waals surface area contributed by atoms with Crippen molar-refractivity contribution in [2.45, 2.75) is 125 Å². The summed E-state index contributed by atoms with van der Waals surface area (Å²) in [5.74, 6) is 6.31. The first-order chi connectivity index (χ1) is 14.1. The minimum atomic E-state index is 0.760. The molecule has 0 aromatic heterocycles. The molecule has 0 radical (unpaired) electrons. The lowest BCUT2D eigenvalue weighted by atomic mass is 9.73. The van der Waals surface area contributed by atoms with Gasteiger partial charge in [0.15, 0.2) is 5.54 Å². The van der Waals surface area contributed by atoms with Crippen molar-refractivity contribution in [3.63, 3.8) is 0 Å². The molecule has 9 unspecified atom stereocenters. The fourth-order valence-corrected chi connectivity index (χ4v) is 6.67. The molecule has 1 saturated carbocycles. The topological polar surface area (TPSA) is 0 Å². The van der Waals surface area contributed by atoms with Crippen LogP contribution in [0.1, 0.15) is 120 Å². The predicted octanol–water partition coefficient (Wildman–Crippen LogP) is 8.57. The molecule has 0 aromatic carbocycles. The van der Waals surface area contributed by atoms with E-state index in [0.717, 1.165) is 47.0 Å². The molecule has 1 heteroatoms. The maximum Gasteiger partial charge on any atom is 0.152 e. The summed E-state index contributed by atoms with van der Waals surface area (Å²) < 4.78 is 1.42. The molecule has 2 rings (SSSR count). The van der Waals surface area contributed by atoms with Crippen molar-refractivity contribution in [2.75, 3.05) is 20.1 Å². The Morgan fingerprint density at radius 1 is 0.833 bits per heavy atom. The van der Waals surface area contributed by atoms with Crippen molar-refractivity contribution in [1.29, 1.82) is 0 Å². The molecular formula is C29H58N+. The Bertz CT molecular complexity index is 501. The summed E-state index contributed by atoms with van der Waals surface area (Å²) in [5, 5.41) is 0. The average molecular weight is 421 g/mol. The highest BCUT2D eigenvalue weighted by molar-refractivity contribution is 5.14. The van der Waals surface area contributed by atoms with Crippen molar-refractivity contribution in [3.8, 4) is 0 Å². The Morgan fingerprint density at radius 3 is 2.13 bits per heavy atom. The minimum absolute atomic E-state index is 0.760. The first-order valence-corrected chi connectivity index (χ1v) is 13.9. The van der Waals surface area contributed by atoms with Gasteiger partial charge in [-0.25, -0.2) is 0 Å². The summed E-state index contributed by atoms with van der Waals surface area (Å²) in [7, 11) is 2.55. The summed E-state index contributed by atoms with van der Waals surface area (Å²) >= 11 is 0. The highest BCUT2D eigenvalue weighted by atomic mass is 15.6. The summed E-state index contributed by atoms with van der Waals surface area (Å²) in [5.41, 5.74) is 0.760. The van der Waals surface area contributed by atoms with Gasteiger partial charge in [-0.05, 0) is 61.2 Å². The normalized spacial score (nSPS) is 33.7. The molecule has 0 N–H and O–H groups in total. The van der Waals surface area contributed by atoms with Crippen LogP contribution in [0.3, 0.4) is 0 Å². The molecule has 1 nitrogen and oxygen atoms in total. The SMILES string of the molecule is CCCCC[N+]1(C)CC12CC2CCC(C)CCC(C)C(C)C(C)C(C)CC(C)CC. The van der Waals surface area contributed by atoms with Crippen LogP contribution < -0.4 is 0 Å². The second-order valence-corrected chi connectivity index (χ2v) is 12.7. The van der Waals surface area contributed by atoms with Gasteiger partial charge in [0.1, 0.15) is 6.54 Å². The highest BCUT2D eigenvalue weighted by Gasteiger charge is 2.80. The van der Waals surface area contributed by atoms with E-state index in [0.29, 0.717) is 0 Å². The van der Waals surface area contributed by atoms with Crippen molar-refractivity contribution in [3.05, 3.63) is 0 Å². The van der Waals surface area contributed by atoms with E-state index in [-0.39, 0.29) is 0 Å². The lowest BCUT2D eigenvalue weighted by molar-refractivity contribution is -0.800. The second kappa shape index (κ2) is 11.2. The van der Waals surface area contributed by atoms with E-state index in [1.54, 1.807) is 6.42 Å². The van der Waals surface area contributed by atoms with E-state index >= 15 is 0 Å². The van der Waals surface area contributed by atoms with Crippen LogP contribution in [0.5, 0.6) is 0 Å². The van der Waals surface area contributed by atoms with Crippen LogP contribution in [0.4, 0.5) is 0 Å². The summed E-state index contributed by atoms with van der Waals surface area (Å²) in [6.07, 6.45) is 14.4. The lowest BCUT2D eigenvalue weighted by Gasteiger charge is -2.32. The minimum Gasteiger partial charge on any atom is -0.311 e. The van der Waals surface area contributed by atoms with Gasteiger partial charge < -0.3 is 4.48 Å². The molecular weight excluding hydrogens is 362 g/mol.